The van der Waals surface area contributed by atoms with Gasteiger partial charge in [0, 0.05) is 25.9 Å². The zero-order chi connectivity index (χ0) is 12.9. The third kappa shape index (κ3) is 9.99. The summed E-state index contributed by atoms with van der Waals surface area (Å²) < 4.78 is 20.0. The summed E-state index contributed by atoms with van der Waals surface area (Å²) in [4.78, 5) is 11.0. The fourth-order valence-corrected chi connectivity index (χ4v) is 1.02. The lowest BCUT2D eigenvalue weighted by Gasteiger charge is -2.04. The number of ether oxygens (including phenoxy) is 4. The molecule has 0 N–H and O–H groups in total. The van der Waals surface area contributed by atoms with Crippen LogP contribution in [0.25, 0.3) is 0 Å². The maximum absolute atomic E-state index is 11.0. The first-order valence-electron chi connectivity index (χ1n) is 5.62. The largest absolute Gasteiger partial charge is 0.466 e. The van der Waals surface area contributed by atoms with Crippen molar-refractivity contribution in [3.63, 3.8) is 0 Å². The molecule has 0 bridgehead atoms. The topological polar surface area (TPSA) is 54.0 Å². The van der Waals surface area contributed by atoms with Gasteiger partial charge in [0.15, 0.2) is 0 Å². The second-order valence-corrected chi connectivity index (χ2v) is 3.41. The molecule has 0 rings (SSSR count). The summed E-state index contributed by atoms with van der Waals surface area (Å²) in [6.45, 7) is 4.60. The van der Waals surface area contributed by atoms with Crippen LogP contribution < -0.4 is 0 Å². The Morgan fingerprint density at radius 1 is 1.06 bits per heavy atom. The monoisotopic (exact) mass is 246 g/mol. The molecule has 0 saturated carbocycles. The molecule has 0 saturated heterocycles. The minimum Gasteiger partial charge on any atom is -0.466 e. The predicted molar refractivity (Wildman–Crippen MR) is 63.9 cm³/mol. The highest BCUT2D eigenvalue weighted by molar-refractivity contribution is 5.87. The van der Waals surface area contributed by atoms with Gasteiger partial charge in [0.2, 0.25) is 0 Å². The highest BCUT2D eigenvalue weighted by atomic mass is 16.5. The Morgan fingerprint density at radius 2 is 1.76 bits per heavy atom. The average molecular weight is 246 g/mol. The molecule has 0 radical (unpaired) electrons. The lowest BCUT2D eigenvalue weighted by molar-refractivity contribution is -0.136. The van der Waals surface area contributed by atoms with Crippen LogP contribution in [0.15, 0.2) is 11.6 Å². The van der Waals surface area contributed by atoms with Crippen LogP contribution in [-0.4, -0.2) is 53.2 Å². The molecule has 17 heavy (non-hydrogen) atoms. The quantitative estimate of drug-likeness (QED) is 0.329. The van der Waals surface area contributed by atoms with E-state index >= 15 is 0 Å². The zero-order valence-electron chi connectivity index (χ0n) is 10.9. The van der Waals surface area contributed by atoms with E-state index in [1.54, 1.807) is 20.1 Å². The van der Waals surface area contributed by atoms with E-state index in [-0.39, 0.29) is 5.97 Å². The van der Waals surface area contributed by atoms with Crippen molar-refractivity contribution in [3.05, 3.63) is 11.6 Å². The van der Waals surface area contributed by atoms with Gasteiger partial charge in [-0.2, -0.15) is 0 Å². The summed E-state index contributed by atoms with van der Waals surface area (Å²) in [6.07, 6.45) is 2.53. The predicted octanol–water partition coefficient (Wildman–Crippen LogP) is 1.18. The van der Waals surface area contributed by atoms with Crippen molar-refractivity contribution in [2.45, 2.75) is 13.3 Å². The van der Waals surface area contributed by atoms with Crippen LogP contribution in [0.3, 0.4) is 0 Å². The molecule has 0 aromatic carbocycles. The number of carbonyl (C=O) groups is 1. The first-order chi connectivity index (χ1) is 8.22. The van der Waals surface area contributed by atoms with Crippen molar-refractivity contribution < 1.29 is 23.7 Å². The Labute approximate surface area is 103 Å². The second-order valence-electron chi connectivity index (χ2n) is 3.41. The Balaban J connectivity index is 3.31. The molecule has 100 valence electrons. The summed E-state index contributed by atoms with van der Waals surface area (Å²) in [7, 11) is 3.00. The van der Waals surface area contributed by atoms with E-state index in [4.69, 9.17) is 14.2 Å². The third-order valence-corrected chi connectivity index (χ3v) is 2.02. The van der Waals surface area contributed by atoms with Gasteiger partial charge in [-0.05, 0) is 19.4 Å². The van der Waals surface area contributed by atoms with Crippen LogP contribution >= 0.6 is 0 Å². The number of methoxy groups -OCH3 is 2. The maximum atomic E-state index is 11.0. The molecule has 0 fully saturated rings. The molecule has 5 nitrogen and oxygen atoms in total. The average Bonchev–Trinajstić information content (AvgIpc) is 2.35. The molecule has 0 unspecified atom stereocenters. The molecule has 0 aliphatic rings. The van der Waals surface area contributed by atoms with Crippen LogP contribution in [0.4, 0.5) is 0 Å². The maximum Gasteiger partial charge on any atom is 0.333 e. The van der Waals surface area contributed by atoms with E-state index < -0.39 is 0 Å². The van der Waals surface area contributed by atoms with E-state index in [9.17, 15) is 4.79 Å². The summed E-state index contributed by atoms with van der Waals surface area (Å²) >= 11 is 0. The first-order valence-corrected chi connectivity index (χ1v) is 5.62. The Hall–Kier alpha value is -0.910. The van der Waals surface area contributed by atoms with Crippen LogP contribution in [0.5, 0.6) is 0 Å². The van der Waals surface area contributed by atoms with Gasteiger partial charge in [0.05, 0.1) is 26.9 Å². The second kappa shape index (κ2) is 11.6. The molecule has 0 amide bonds. The SMILES string of the molecule is COCCOCCCOC/C=C(/C)C(=O)OC. The van der Waals surface area contributed by atoms with E-state index in [2.05, 4.69) is 4.74 Å². The van der Waals surface area contributed by atoms with E-state index in [0.717, 1.165) is 6.42 Å². The first kappa shape index (κ1) is 16.1. The highest BCUT2D eigenvalue weighted by Crippen LogP contribution is 1.95. The molecule has 5 heteroatoms. The van der Waals surface area contributed by atoms with Gasteiger partial charge in [-0.1, -0.05) is 0 Å². The Morgan fingerprint density at radius 3 is 2.41 bits per heavy atom. The van der Waals surface area contributed by atoms with Crippen LogP contribution in [0.2, 0.25) is 0 Å². The minimum atomic E-state index is -0.323. The van der Waals surface area contributed by atoms with E-state index in [1.807, 2.05) is 0 Å². The smallest absolute Gasteiger partial charge is 0.333 e. The Bertz CT molecular complexity index is 225. The normalized spacial score (nSPS) is 11.6. The number of rotatable bonds is 10. The van der Waals surface area contributed by atoms with Gasteiger partial charge >= 0.3 is 5.97 Å². The summed E-state index contributed by atoms with van der Waals surface area (Å²) in [5, 5.41) is 0. The fourth-order valence-electron chi connectivity index (χ4n) is 1.02. The molecule has 0 spiro atoms. The number of hydrogen-bond donors (Lipinski definition) is 0. The van der Waals surface area contributed by atoms with E-state index in [0.29, 0.717) is 38.6 Å². The van der Waals surface area contributed by atoms with Crippen molar-refractivity contribution in [1.82, 2.24) is 0 Å². The van der Waals surface area contributed by atoms with Crippen molar-refractivity contribution in [1.29, 1.82) is 0 Å². The van der Waals surface area contributed by atoms with Crippen molar-refractivity contribution in [2.75, 3.05) is 47.3 Å². The molecule has 0 aromatic rings. The minimum absolute atomic E-state index is 0.323. The standard InChI is InChI=1S/C12H22O5/c1-11(12(13)15-3)5-8-16-6-4-7-17-10-9-14-2/h5H,4,6-10H2,1-3H3/b11-5-. The summed E-state index contributed by atoms with van der Waals surface area (Å²) in [6, 6.07) is 0. The number of hydrogen-bond acceptors (Lipinski definition) is 5. The molecule has 0 aromatic heterocycles. The summed E-state index contributed by atoms with van der Waals surface area (Å²) in [5.41, 5.74) is 0.559. The van der Waals surface area contributed by atoms with Gasteiger partial charge in [-0.3, -0.25) is 0 Å². The van der Waals surface area contributed by atoms with Crippen molar-refractivity contribution >= 4 is 5.97 Å². The molecule has 0 heterocycles. The van der Waals surface area contributed by atoms with Crippen molar-refractivity contribution in [3.8, 4) is 0 Å². The van der Waals surface area contributed by atoms with Gasteiger partial charge in [-0.15, -0.1) is 0 Å². The molecular formula is C12H22O5. The third-order valence-electron chi connectivity index (χ3n) is 2.02. The van der Waals surface area contributed by atoms with Gasteiger partial charge in [0.25, 0.3) is 0 Å². The molecule has 0 atom stereocenters. The van der Waals surface area contributed by atoms with Crippen LogP contribution in [-0.2, 0) is 23.7 Å². The Kier molecular flexibility index (Phi) is 11.0. The van der Waals surface area contributed by atoms with Crippen LogP contribution in [0, 0.1) is 0 Å². The van der Waals surface area contributed by atoms with Gasteiger partial charge in [0.1, 0.15) is 0 Å². The van der Waals surface area contributed by atoms with Crippen LogP contribution in [0.1, 0.15) is 13.3 Å². The lowest BCUT2D eigenvalue weighted by Crippen LogP contribution is -2.06. The van der Waals surface area contributed by atoms with Gasteiger partial charge in [-0.25, -0.2) is 4.79 Å². The fraction of sp³-hybridized carbons (Fsp3) is 0.750. The lowest BCUT2D eigenvalue weighted by atomic mass is 10.3. The highest BCUT2D eigenvalue weighted by Gasteiger charge is 2.01. The molecule has 0 aliphatic heterocycles. The number of carbonyl (C=O) groups excluding carboxylic acids is 1. The van der Waals surface area contributed by atoms with Gasteiger partial charge < -0.3 is 18.9 Å². The van der Waals surface area contributed by atoms with E-state index in [1.165, 1.54) is 7.11 Å². The zero-order valence-corrected chi connectivity index (χ0v) is 10.9. The van der Waals surface area contributed by atoms with Crippen molar-refractivity contribution in [2.24, 2.45) is 0 Å². The molecule has 0 aliphatic carbocycles. The summed E-state index contributed by atoms with van der Waals surface area (Å²) in [5.74, 6) is -0.323. The number of esters is 1. The molecular weight excluding hydrogens is 224 g/mol.